The number of thioether (sulfide) groups is 1. The molecule has 1 atom stereocenters. The van der Waals surface area contributed by atoms with E-state index in [2.05, 4.69) is 0 Å². The molecular formula is C19H23NO5S. The number of benzene rings is 1. The van der Waals surface area contributed by atoms with Gasteiger partial charge in [-0.3, -0.25) is 9.59 Å². The maximum Gasteiger partial charge on any atom is 0.313 e. The van der Waals surface area contributed by atoms with Crippen molar-refractivity contribution in [2.24, 2.45) is 0 Å². The number of carboxylic acid groups (broad SMARTS) is 1. The van der Waals surface area contributed by atoms with Crippen LogP contribution >= 0.6 is 11.8 Å². The second kappa shape index (κ2) is 8.03. The molecule has 1 aromatic carbocycles. The van der Waals surface area contributed by atoms with Gasteiger partial charge in [0, 0.05) is 12.1 Å². The van der Waals surface area contributed by atoms with E-state index in [-0.39, 0.29) is 17.0 Å². The van der Waals surface area contributed by atoms with Crippen molar-refractivity contribution in [3.05, 3.63) is 34.9 Å². The molecule has 2 aliphatic rings. The molecule has 26 heavy (non-hydrogen) atoms. The second-order valence-electron chi connectivity index (χ2n) is 6.39. The SMILES string of the molecule is COc1ccc(CN2C(=O)C3=C(CCCC3)C2SCC(=O)O)cc1OC. The Balaban J connectivity index is 1.85. The zero-order valence-corrected chi connectivity index (χ0v) is 15.8. The summed E-state index contributed by atoms with van der Waals surface area (Å²) < 4.78 is 10.6. The van der Waals surface area contributed by atoms with Gasteiger partial charge in [-0.25, -0.2) is 0 Å². The Bertz CT molecular complexity index is 745. The van der Waals surface area contributed by atoms with Crippen molar-refractivity contribution >= 4 is 23.6 Å². The molecule has 0 spiro atoms. The lowest BCUT2D eigenvalue weighted by Gasteiger charge is -2.27. The number of carboxylic acids is 1. The van der Waals surface area contributed by atoms with Gasteiger partial charge in [-0.2, -0.15) is 0 Å². The normalized spacial score (nSPS) is 19.5. The highest BCUT2D eigenvalue weighted by Crippen LogP contribution is 2.42. The molecule has 0 aromatic heterocycles. The predicted molar refractivity (Wildman–Crippen MR) is 99.5 cm³/mol. The van der Waals surface area contributed by atoms with E-state index < -0.39 is 5.97 Å². The summed E-state index contributed by atoms with van der Waals surface area (Å²) in [5, 5.41) is 8.87. The summed E-state index contributed by atoms with van der Waals surface area (Å²) in [5.74, 6) is 0.412. The summed E-state index contributed by atoms with van der Waals surface area (Å²) in [6.07, 6.45) is 3.74. The molecule has 0 bridgehead atoms. The summed E-state index contributed by atoms with van der Waals surface area (Å²) in [6, 6.07) is 5.59. The maximum atomic E-state index is 12.9. The van der Waals surface area contributed by atoms with E-state index in [4.69, 9.17) is 14.6 Å². The molecule has 0 saturated heterocycles. The molecule has 1 heterocycles. The molecule has 0 radical (unpaired) electrons. The molecule has 6 nitrogen and oxygen atoms in total. The van der Waals surface area contributed by atoms with Crippen molar-refractivity contribution in [3.8, 4) is 11.5 Å². The van der Waals surface area contributed by atoms with Crippen molar-refractivity contribution in [1.29, 1.82) is 0 Å². The van der Waals surface area contributed by atoms with E-state index in [0.717, 1.165) is 42.4 Å². The lowest BCUT2D eigenvalue weighted by atomic mass is 9.94. The van der Waals surface area contributed by atoms with Crippen LogP contribution in [-0.4, -0.2) is 47.2 Å². The van der Waals surface area contributed by atoms with Gasteiger partial charge in [-0.15, -0.1) is 11.8 Å². The van der Waals surface area contributed by atoms with Gasteiger partial charge in [0.25, 0.3) is 5.91 Å². The third-order valence-corrected chi connectivity index (χ3v) is 6.04. The topological polar surface area (TPSA) is 76.1 Å². The average molecular weight is 377 g/mol. The van der Waals surface area contributed by atoms with Crippen LogP contribution in [0, 0.1) is 0 Å². The second-order valence-corrected chi connectivity index (χ2v) is 7.46. The van der Waals surface area contributed by atoms with Crippen LogP contribution < -0.4 is 9.47 Å². The lowest BCUT2D eigenvalue weighted by Crippen LogP contribution is -2.33. The highest BCUT2D eigenvalue weighted by atomic mass is 32.2. The largest absolute Gasteiger partial charge is 0.493 e. The number of methoxy groups -OCH3 is 2. The number of amides is 1. The Morgan fingerprint density at radius 2 is 1.96 bits per heavy atom. The summed E-state index contributed by atoms with van der Waals surface area (Å²) >= 11 is 1.32. The van der Waals surface area contributed by atoms with Crippen molar-refractivity contribution in [3.63, 3.8) is 0 Å². The molecule has 1 unspecified atom stereocenters. The van der Waals surface area contributed by atoms with Crippen LogP contribution in [-0.2, 0) is 16.1 Å². The van der Waals surface area contributed by atoms with Gasteiger partial charge in [-0.1, -0.05) is 6.07 Å². The third-order valence-electron chi connectivity index (χ3n) is 4.78. The molecule has 1 aliphatic carbocycles. The number of ether oxygens (including phenoxy) is 2. The Labute approximate surface area is 157 Å². The lowest BCUT2D eigenvalue weighted by molar-refractivity contribution is -0.134. The summed E-state index contributed by atoms with van der Waals surface area (Å²) in [7, 11) is 3.16. The molecule has 1 amide bonds. The van der Waals surface area contributed by atoms with Gasteiger partial charge >= 0.3 is 5.97 Å². The number of aliphatic carboxylic acids is 1. The number of hydrogen-bond acceptors (Lipinski definition) is 5. The molecule has 7 heteroatoms. The highest BCUT2D eigenvalue weighted by molar-refractivity contribution is 8.00. The first kappa shape index (κ1) is 18.6. The van der Waals surface area contributed by atoms with Crippen molar-refractivity contribution in [2.75, 3.05) is 20.0 Å². The van der Waals surface area contributed by atoms with Crippen molar-refractivity contribution in [2.45, 2.75) is 37.6 Å². The van der Waals surface area contributed by atoms with Crippen LogP contribution in [0.5, 0.6) is 11.5 Å². The minimum absolute atomic E-state index is 0.0167. The fourth-order valence-corrected chi connectivity index (χ4v) is 4.70. The van der Waals surface area contributed by atoms with Crippen LogP contribution in [0.3, 0.4) is 0 Å². The molecule has 0 saturated carbocycles. The Morgan fingerprint density at radius 3 is 2.65 bits per heavy atom. The first-order valence-electron chi connectivity index (χ1n) is 8.62. The van der Waals surface area contributed by atoms with Crippen LogP contribution in [0.25, 0.3) is 0 Å². The van der Waals surface area contributed by atoms with E-state index in [1.807, 2.05) is 18.2 Å². The van der Waals surface area contributed by atoms with Crippen LogP contribution in [0.1, 0.15) is 31.2 Å². The maximum absolute atomic E-state index is 12.9. The molecule has 3 rings (SSSR count). The van der Waals surface area contributed by atoms with E-state index in [1.54, 1.807) is 19.1 Å². The molecule has 0 fully saturated rings. The van der Waals surface area contributed by atoms with Gasteiger partial charge < -0.3 is 19.5 Å². The third kappa shape index (κ3) is 3.67. The number of nitrogens with zero attached hydrogens (tertiary/aromatic N) is 1. The zero-order valence-electron chi connectivity index (χ0n) is 15.0. The van der Waals surface area contributed by atoms with Gasteiger partial charge in [0.1, 0.15) is 5.37 Å². The van der Waals surface area contributed by atoms with E-state index >= 15 is 0 Å². The van der Waals surface area contributed by atoms with Gasteiger partial charge in [0.15, 0.2) is 11.5 Å². The Kier molecular flexibility index (Phi) is 5.76. The molecule has 1 aromatic rings. The summed E-state index contributed by atoms with van der Waals surface area (Å²) in [5.41, 5.74) is 2.93. The highest BCUT2D eigenvalue weighted by Gasteiger charge is 2.40. The number of carbonyl (C=O) groups excluding carboxylic acids is 1. The van der Waals surface area contributed by atoms with Crippen molar-refractivity contribution < 1.29 is 24.2 Å². The van der Waals surface area contributed by atoms with Crippen LogP contribution in [0.2, 0.25) is 0 Å². The monoisotopic (exact) mass is 377 g/mol. The quantitative estimate of drug-likeness (QED) is 0.787. The van der Waals surface area contributed by atoms with Gasteiger partial charge in [0.2, 0.25) is 0 Å². The van der Waals surface area contributed by atoms with E-state index in [9.17, 15) is 9.59 Å². The fraction of sp³-hybridized carbons (Fsp3) is 0.474. The van der Waals surface area contributed by atoms with Crippen molar-refractivity contribution in [1.82, 2.24) is 4.90 Å². The average Bonchev–Trinajstić information content (AvgIpc) is 2.91. The first-order chi connectivity index (χ1) is 12.5. The molecular weight excluding hydrogens is 354 g/mol. The number of rotatable bonds is 7. The first-order valence-corrected chi connectivity index (χ1v) is 9.67. The van der Waals surface area contributed by atoms with Gasteiger partial charge in [0.05, 0.1) is 20.0 Å². The minimum Gasteiger partial charge on any atom is -0.493 e. The van der Waals surface area contributed by atoms with Gasteiger partial charge in [-0.05, 0) is 49.0 Å². The standard InChI is InChI=1S/C19H23NO5S/c1-24-15-8-7-12(9-16(15)25-2)10-20-18(23)13-5-3-4-6-14(13)19(20)26-11-17(21)22/h7-9,19H,3-6,10-11H2,1-2H3,(H,21,22). The van der Waals surface area contributed by atoms with Crippen LogP contribution in [0.4, 0.5) is 0 Å². The number of carbonyl (C=O) groups is 2. The summed E-state index contributed by atoms with van der Waals surface area (Å²) in [4.78, 5) is 25.8. The predicted octanol–water partition coefficient (Wildman–Crippen LogP) is 3.06. The van der Waals surface area contributed by atoms with Crippen LogP contribution in [0.15, 0.2) is 29.3 Å². The van der Waals surface area contributed by atoms with E-state index in [0.29, 0.717) is 18.0 Å². The molecule has 1 N–H and O–H groups in total. The Morgan fingerprint density at radius 1 is 1.23 bits per heavy atom. The molecule has 1 aliphatic heterocycles. The smallest absolute Gasteiger partial charge is 0.313 e. The molecule has 140 valence electrons. The van der Waals surface area contributed by atoms with E-state index in [1.165, 1.54) is 11.8 Å². The summed E-state index contributed by atoms with van der Waals surface area (Å²) in [6.45, 7) is 0.420. The Hall–Kier alpha value is -2.15. The zero-order chi connectivity index (χ0) is 18.7. The minimum atomic E-state index is -0.863. The fourth-order valence-electron chi connectivity index (χ4n) is 3.58. The number of hydrogen-bond donors (Lipinski definition) is 1.